The molecule has 1 aliphatic rings. The van der Waals surface area contributed by atoms with Crippen molar-refractivity contribution in [1.29, 1.82) is 0 Å². The molecule has 0 radical (unpaired) electrons. The molecule has 4 nitrogen and oxygen atoms in total. The second-order valence-electron chi connectivity index (χ2n) is 4.55. The van der Waals surface area contributed by atoms with E-state index in [9.17, 15) is 9.59 Å². The highest BCUT2D eigenvalue weighted by atomic mass is 16.1. The van der Waals surface area contributed by atoms with Gasteiger partial charge in [0.05, 0.1) is 11.2 Å². The molecule has 1 saturated carbocycles. The number of isocyanates is 2. The molecule has 4 heteroatoms. The molecule has 0 saturated heterocycles. The van der Waals surface area contributed by atoms with Gasteiger partial charge >= 0.3 is 0 Å². The molecule has 0 atom stereocenters. The van der Waals surface area contributed by atoms with E-state index in [1.807, 2.05) is 12.1 Å². The summed E-state index contributed by atoms with van der Waals surface area (Å²) in [7, 11) is 0. The van der Waals surface area contributed by atoms with E-state index in [0.717, 1.165) is 31.2 Å². The minimum atomic E-state index is -0.427. The smallest absolute Gasteiger partial charge is 0.211 e. The first-order valence-electron chi connectivity index (χ1n) is 6.08. The zero-order valence-electron chi connectivity index (χ0n) is 10.1. The van der Waals surface area contributed by atoms with Crippen LogP contribution in [0.2, 0.25) is 0 Å². The number of nitrogens with zero attached hydrogens (tertiary/aromatic N) is 2. The topological polar surface area (TPSA) is 58.9 Å². The Balaban J connectivity index is 2.36. The first-order chi connectivity index (χ1) is 8.80. The van der Waals surface area contributed by atoms with Crippen molar-refractivity contribution in [2.75, 3.05) is 0 Å². The average Bonchev–Trinajstić information content (AvgIpc) is 2.41. The number of rotatable bonds is 3. The molecule has 0 aromatic heterocycles. The van der Waals surface area contributed by atoms with E-state index in [0.29, 0.717) is 5.69 Å². The van der Waals surface area contributed by atoms with Crippen LogP contribution in [0.4, 0.5) is 5.69 Å². The largest absolute Gasteiger partial charge is 0.240 e. The maximum absolute atomic E-state index is 10.7. The van der Waals surface area contributed by atoms with Crippen molar-refractivity contribution in [2.45, 2.75) is 37.6 Å². The minimum Gasteiger partial charge on any atom is -0.211 e. The van der Waals surface area contributed by atoms with Gasteiger partial charge in [0.2, 0.25) is 12.2 Å². The molecule has 0 unspecified atom stereocenters. The highest BCUT2D eigenvalue weighted by molar-refractivity contribution is 5.50. The summed E-state index contributed by atoms with van der Waals surface area (Å²) < 4.78 is 0. The van der Waals surface area contributed by atoms with Gasteiger partial charge in [-0.1, -0.05) is 31.4 Å². The standard InChI is InChI=1S/C14H14N2O2/c17-10-15-13-6-4-12(5-7-13)14(16-11-18)8-2-1-3-9-14/h4-7H,1-3,8-9H2. The Morgan fingerprint density at radius 2 is 1.61 bits per heavy atom. The van der Waals surface area contributed by atoms with E-state index in [2.05, 4.69) is 9.98 Å². The van der Waals surface area contributed by atoms with E-state index in [4.69, 9.17) is 0 Å². The highest BCUT2D eigenvalue weighted by Gasteiger charge is 2.33. The maximum atomic E-state index is 10.7. The quantitative estimate of drug-likeness (QED) is 0.603. The minimum absolute atomic E-state index is 0.427. The molecular weight excluding hydrogens is 228 g/mol. The third-order valence-corrected chi connectivity index (χ3v) is 3.52. The lowest BCUT2D eigenvalue weighted by Crippen LogP contribution is -2.26. The third kappa shape index (κ3) is 2.45. The molecule has 0 spiro atoms. The normalized spacial score (nSPS) is 17.3. The van der Waals surface area contributed by atoms with Gasteiger partial charge in [-0.3, -0.25) is 0 Å². The Hall–Kier alpha value is -2.02. The van der Waals surface area contributed by atoms with Gasteiger partial charge in [0.1, 0.15) is 0 Å². The summed E-state index contributed by atoms with van der Waals surface area (Å²) in [6.07, 6.45) is 8.28. The number of aliphatic imine (C=N–C) groups is 2. The van der Waals surface area contributed by atoms with Crippen molar-refractivity contribution < 1.29 is 9.59 Å². The first kappa shape index (κ1) is 12.4. The Labute approximate surface area is 105 Å². The van der Waals surface area contributed by atoms with Crippen molar-refractivity contribution in [3.05, 3.63) is 29.8 Å². The first-order valence-corrected chi connectivity index (χ1v) is 6.08. The van der Waals surface area contributed by atoms with Crippen LogP contribution in [0, 0.1) is 0 Å². The molecule has 0 amide bonds. The molecule has 0 aliphatic heterocycles. The van der Waals surface area contributed by atoms with Crippen LogP contribution in [0.5, 0.6) is 0 Å². The van der Waals surface area contributed by atoms with Gasteiger partial charge in [-0.25, -0.2) is 9.59 Å². The maximum Gasteiger partial charge on any atom is 0.240 e. The summed E-state index contributed by atoms with van der Waals surface area (Å²) in [5.74, 6) is 0. The zero-order chi connectivity index (χ0) is 12.8. The van der Waals surface area contributed by atoms with Crippen molar-refractivity contribution in [3.63, 3.8) is 0 Å². The predicted molar refractivity (Wildman–Crippen MR) is 67.1 cm³/mol. The monoisotopic (exact) mass is 242 g/mol. The molecule has 0 bridgehead atoms. The summed E-state index contributed by atoms with van der Waals surface area (Å²) in [5, 5.41) is 0. The number of benzene rings is 1. The van der Waals surface area contributed by atoms with Gasteiger partial charge in [-0.05, 0) is 30.5 Å². The summed E-state index contributed by atoms with van der Waals surface area (Å²) in [6, 6.07) is 7.25. The van der Waals surface area contributed by atoms with Crippen LogP contribution < -0.4 is 0 Å². The fourth-order valence-corrected chi connectivity index (χ4v) is 2.59. The van der Waals surface area contributed by atoms with Gasteiger partial charge < -0.3 is 0 Å². The Bertz CT molecular complexity index is 503. The van der Waals surface area contributed by atoms with Gasteiger partial charge in [0.15, 0.2) is 0 Å². The number of carbonyl (C=O) groups excluding carboxylic acids is 2. The van der Waals surface area contributed by atoms with Crippen molar-refractivity contribution in [2.24, 2.45) is 9.98 Å². The van der Waals surface area contributed by atoms with Gasteiger partial charge in [0.25, 0.3) is 0 Å². The van der Waals surface area contributed by atoms with Gasteiger partial charge in [-0.15, -0.1) is 0 Å². The van der Waals surface area contributed by atoms with Crippen molar-refractivity contribution >= 4 is 17.8 Å². The van der Waals surface area contributed by atoms with Crippen LogP contribution in [0.25, 0.3) is 0 Å². The van der Waals surface area contributed by atoms with E-state index in [1.165, 1.54) is 12.5 Å². The lowest BCUT2D eigenvalue weighted by atomic mass is 9.77. The van der Waals surface area contributed by atoms with Crippen LogP contribution in [0.15, 0.2) is 34.3 Å². The van der Waals surface area contributed by atoms with E-state index >= 15 is 0 Å². The SMILES string of the molecule is O=C=Nc1ccc(C2(N=C=O)CCCCC2)cc1. The molecule has 18 heavy (non-hydrogen) atoms. The van der Waals surface area contributed by atoms with Crippen LogP contribution >= 0.6 is 0 Å². The van der Waals surface area contributed by atoms with E-state index in [1.54, 1.807) is 18.2 Å². The van der Waals surface area contributed by atoms with Gasteiger partial charge in [-0.2, -0.15) is 9.98 Å². The molecule has 1 fully saturated rings. The molecular formula is C14H14N2O2. The number of hydrogen-bond acceptors (Lipinski definition) is 4. The molecule has 1 aromatic rings. The zero-order valence-corrected chi connectivity index (χ0v) is 10.1. The van der Waals surface area contributed by atoms with Crippen molar-refractivity contribution in [3.8, 4) is 0 Å². The summed E-state index contributed by atoms with van der Waals surface area (Å²) in [4.78, 5) is 28.4. The Morgan fingerprint density at radius 1 is 0.944 bits per heavy atom. The van der Waals surface area contributed by atoms with Gasteiger partial charge in [0, 0.05) is 0 Å². The number of hydrogen-bond donors (Lipinski definition) is 0. The van der Waals surface area contributed by atoms with E-state index < -0.39 is 5.54 Å². The summed E-state index contributed by atoms with van der Waals surface area (Å²) in [5.41, 5.74) is 1.13. The van der Waals surface area contributed by atoms with Crippen molar-refractivity contribution in [1.82, 2.24) is 0 Å². The van der Waals surface area contributed by atoms with Crippen LogP contribution in [0.1, 0.15) is 37.7 Å². The molecule has 92 valence electrons. The highest BCUT2D eigenvalue weighted by Crippen LogP contribution is 2.40. The third-order valence-electron chi connectivity index (χ3n) is 3.52. The fraction of sp³-hybridized carbons (Fsp3) is 0.429. The molecule has 1 aliphatic carbocycles. The molecule has 2 rings (SSSR count). The van der Waals surface area contributed by atoms with E-state index in [-0.39, 0.29) is 0 Å². The summed E-state index contributed by atoms with van der Waals surface area (Å²) >= 11 is 0. The van der Waals surface area contributed by atoms with Crippen LogP contribution in [-0.2, 0) is 15.1 Å². The molecule has 0 N–H and O–H groups in total. The summed E-state index contributed by atoms with van der Waals surface area (Å²) in [6.45, 7) is 0. The Morgan fingerprint density at radius 3 is 2.17 bits per heavy atom. The average molecular weight is 242 g/mol. The fourth-order valence-electron chi connectivity index (χ4n) is 2.59. The predicted octanol–water partition coefficient (Wildman–Crippen LogP) is 3.15. The Kier molecular flexibility index (Phi) is 3.83. The lowest BCUT2D eigenvalue weighted by Gasteiger charge is -2.32. The van der Waals surface area contributed by atoms with Crippen LogP contribution in [0.3, 0.4) is 0 Å². The van der Waals surface area contributed by atoms with Crippen LogP contribution in [-0.4, -0.2) is 12.2 Å². The second kappa shape index (κ2) is 5.54. The lowest BCUT2D eigenvalue weighted by molar-refractivity contribution is 0.304. The molecule has 0 heterocycles. The molecule has 1 aromatic carbocycles. The second-order valence-corrected chi connectivity index (χ2v) is 4.55.